The molecule has 0 spiro atoms. The molecule has 1 aromatic heterocycles. The fourth-order valence-corrected chi connectivity index (χ4v) is 2.91. The van der Waals surface area contributed by atoms with Gasteiger partial charge in [0.05, 0.1) is 17.5 Å². The summed E-state index contributed by atoms with van der Waals surface area (Å²) < 4.78 is 0. The monoisotopic (exact) mass is 297 g/mol. The maximum atomic E-state index is 12.0. The van der Waals surface area contributed by atoms with Crippen LogP contribution in [0.3, 0.4) is 0 Å². The zero-order chi connectivity index (χ0) is 14.7. The molecule has 21 heavy (non-hydrogen) atoms. The van der Waals surface area contributed by atoms with E-state index in [1.165, 1.54) is 5.56 Å². The van der Waals surface area contributed by atoms with Gasteiger partial charge in [-0.2, -0.15) is 5.10 Å². The van der Waals surface area contributed by atoms with Crippen molar-refractivity contribution >= 4 is 34.3 Å². The number of anilines is 1. The highest BCUT2D eigenvalue weighted by atomic mass is 32.2. The van der Waals surface area contributed by atoms with E-state index in [-0.39, 0.29) is 5.91 Å². The number of hydrogen-bond donors (Lipinski definition) is 2. The number of aromatic nitrogens is 2. The number of aryl methyl sites for hydroxylation is 1. The molecule has 0 bridgehead atoms. The SMILES string of the molecule is Cc1ccccc1SCC(=O)Nc1ccc2[nH]ncc2c1. The summed E-state index contributed by atoms with van der Waals surface area (Å²) in [7, 11) is 0. The first-order valence-electron chi connectivity index (χ1n) is 6.64. The molecular formula is C16H15N3OS. The molecule has 2 N–H and O–H groups in total. The van der Waals surface area contributed by atoms with Crippen LogP contribution in [-0.2, 0) is 4.79 Å². The molecule has 0 aliphatic heterocycles. The molecule has 4 nitrogen and oxygen atoms in total. The van der Waals surface area contributed by atoms with Crippen molar-refractivity contribution in [3.63, 3.8) is 0 Å². The first-order valence-corrected chi connectivity index (χ1v) is 7.62. The quantitative estimate of drug-likeness (QED) is 0.723. The molecular weight excluding hydrogens is 282 g/mol. The second-order valence-corrected chi connectivity index (χ2v) is 5.79. The summed E-state index contributed by atoms with van der Waals surface area (Å²) in [6.07, 6.45) is 1.74. The van der Waals surface area contributed by atoms with Crippen LogP contribution in [0.4, 0.5) is 5.69 Å². The highest BCUT2D eigenvalue weighted by Gasteiger charge is 2.06. The van der Waals surface area contributed by atoms with E-state index >= 15 is 0 Å². The van der Waals surface area contributed by atoms with Crippen LogP contribution >= 0.6 is 11.8 Å². The number of carbonyl (C=O) groups excluding carboxylic acids is 1. The van der Waals surface area contributed by atoms with Crippen molar-refractivity contribution in [3.05, 3.63) is 54.2 Å². The lowest BCUT2D eigenvalue weighted by atomic mass is 10.2. The Bertz CT molecular complexity index is 782. The van der Waals surface area contributed by atoms with Crippen molar-refractivity contribution in [2.24, 2.45) is 0 Å². The van der Waals surface area contributed by atoms with Gasteiger partial charge in [-0.15, -0.1) is 11.8 Å². The van der Waals surface area contributed by atoms with Crippen LogP contribution in [0, 0.1) is 6.92 Å². The number of nitrogens with zero attached hydrogens (tertiary/aromatic N) is 1. The van der Waals surface area contributed by atoms with E-state index < -0.39 is 0 Å². The molecule has 0 radical (unpaired) electrons. The second kappa shape index (κ2) is 6.01. The number of benzene rings is 2. The Morgan fingerprint density at radius 2 is 2.14 bits per heavy atom. The Balaban J connectivity index is 1.62. The minimum atomic E-state index is -0.00824. The predicted octanol–water partition coefficient (Wildman–Crippen LogP) is 3.60. The predicted molar refractivity (Wildman–Crippen MR) is 86.6 cm³/mol. The Kier molecular flexibility index (Phi) is 3.92. The Hall–Kier alpha value is -2.27. The van der Waals surface area contributed by atoms with E-state index in [1.54, 1.807) is 18.0 Å². The molecule has 0 saturated carbocycles. The molecule has 0 saturated heterocycles. The largest absolute Gasteiger partial charge is 0.325 e. The Morgan fingerprint density at radius 1 is 1.29 bits per heavy atom. The molecule has 0 unspecified atom stereocenters. The molecule has 0 aliphatic carbocycles. The van der Waals surface area contributed by atoms with Crippen LogP contribution in [0.1, 0.15) is 5.56 Å². The van der Waals surface area contributed by atoms with Crippen molar-refractivity contribution in [2.45, 2.75) is 11.8 Å². The summed E-state index contributed by atoms with van der Waals surface area (Å²) in [6, 6.07) is 13.8. The Labute approximate surface area is 126 Å². The van der Waals surface area contributed by atoms with E-state index in [4.69, 9.17) is 0 Å². The summed E-state index contributed by atoms with van der Waals surface area (Å²) in [5.74, 6) is 0.389. The van der Waals surface area contributed by atoms with Gasteiger partial charge in [0.15, 0.2) is 0 Å². The third kappa shape index (κ3) is 3.25. The van der Waals surface area contributed by atoms with Crippen molar-refractivity contribution < 1.29 is 4.79 Å². The van der Waals surface area contributed by atoms with Gasteiger partial charge >= 0.3 is 0 Å². The molecule has 0 aliphatic rings. The van der Waals surface area contributed by atoms with Crippen molar-refractivity contribution in [2.75, 3.05) is 11.1 Å². The van der Waals surface area contributed by atoms with Gasteiger partial charge in [0, 0.05) is 16.0 Å². The normalized spacial score (nSPS) is 10.7. The highest BCUT2D eigenvalue weighted by molar-refractivity contribution is 8.00. The van der Waals surface area contributed by atoms with E-state index in [9.17, 15) is 4.79 Å². The minimum Gasteiger partial charge on any atom is -0.325 e. The van der Waals surface area contributed by atoms with Crippen LogP contribution in [0.5, 0.6) is 0 Å². The number of amides is 1. The first kappa shape index (κ1) is 13.7. The van der Waals surface area contributed by atoms with Gasteiger partial charge in [-0.05, 0) is 36.8 Å². The molecule has 1 heterocycles. The fraction of sp³-hybridized carbons (Fsp3) is 0.125. The average Bonchev–Trinajstić information content (AvgIpc) is 2.94. The molecule has 3 aromatic rings. The van der Waals surface area contributed by atoms with Gasteiger partial charge in [-0.1, -0.05) is 18.2 Å². The molecule has 0 fully saturated rings. The lowest BCUT2D eigenvalue weighted by Gasteiger charge is -2.07. The van der Waals surface area contributed by atoms with Gasteiger partial charge in [0.2, 0.25) is 5.91 Å². The lowest BCUT2D eigenvalue weighted by molar-refractivity contribution is -0.113. The maximum Gasteiger partial charge on any atom is 0.234 e. The third-order valence-electron chi connectivity index (χ3n) is 3.18. The Morgan fingerprint density at radius 3 is 3.00 bits per heavy atom. The van der Waals surface area contributed by atoms with E-state index in [0.29, 0.717) is 5.75 Å². The molecule has 2 aromatic carbocycles. The third-order valence-corrected chi connectivity index (χ3v) is 4.35. The van der Waals surface area contributed by atoms with E-state index in [0.717, 1.165) is 21.5 Å². The van der Waals surface area contributed by atoms with Crippen LogP contribution in [0.15, 0.2) is 53.6 Å². The fourth-order valence-electron chi connectivity index (χ4n) is 2.08. The van der Waals surface area contributed by atoms with Gasteiger partial charge in [0.25, 0.3) is 0 Å². The second-order valence-electron chi connectivity index (χ2n) is 4.77. The standard InChI is InChI=1S/C16H15N3OS/c1-11-4-2-3-5-15(11)21-10-16(20)18-13-6-7-14-12(8-13)9-17-19-14/h2-9H,10H2,1H3,(H,17,19)(H,18,20). The molecule has 106 valence electrons. The number of fused-ring (bicyclic) bond motifs is 1. The topological polar surface area (TPSA) is 57.8 Å². The van der Waals surface area contributed by atoms with E-state index in [1.807, 2.05) is 49.4 Å². The van der Waals surface area contributed by atoms with Crippen molar-refractivity contribution in [1.29, 1.82) is 0 Å². The number of aromatic amines is 1. The molecule has 3 rings (SSSR count). The minimum absolute atomic E-state index is 0.00824. The lowest BCUT2D eigenvalue weighted by Crippen LogP contribution is -2.13. The van der Waals surface area contributed by atoms with Crippen LogP contribution < -0.4 is 5.32 Å². The smallest absolute Gasteiger partial charge is 0.234 e. The van der Waals surface area contributed by atoms with Gasteiger partial charge in [0.1, 0.15) is 0 Å². The number of thioether (sulfide) groups is 1. The van der Waals surface area contributed by atoms with Crippen molar-refractivity contribution in [1.82, 2.24) is 10.2 Å². The summed E-state index contributed by atoms with van der Waals surface area (Å²) in [5.41, 5.74) is 2.94. The highest BCUT2D eigenvalue weighted by Crippen LogP contribution is 2.22. The van der Waals surface area contributed by atoms with Gasteiger partial charge in [-0.25, -0.2) is 0 Å². The van der Waals surface area contributed by atoms with Crippen molar-refractivity contribution in [3.8, 4) is 0 Å². The average molecular weight is 297 g/mol. The summed E-state index contributed by atoms with van der Waals surface area (Å²) in [6.45, 7) is 2.05. The van der Waals surface area contributed by atoms with Crippen LogP contribution in [0.2, 0.25) is 0 Å². The van der Waals surface area contributed by atoms with Crippen LogP contribution in [-0.4, -0.2) is 21.9 Å². The molecule has 5 heteroatoms. The zero-order valence-electron chi connectivity index (χ0n) is 11.6. The summed E-state index contributed by atoms with van der Waals surface area (Å²) in [5, 5.41) is 10.7. The number of hydrogen-bond acceptors (Lipinski definition) is 3. The summed E-state index contributed by atoms with van der Waals surface area (Å²) >= 11 is 1.55. The number of H-pyrrole nitrogens is 1. The maximum absolute atomic E-state index is 12.0. The van der Waals surface area contributed by atoms with Crippen LogP contribution in [0.25, 0.3) is 10.9 Å². The molecule has 0 atom stereocenters. The number of nitrogens with one attached hydrogen (secondary N) is 2. The zero-order valence-corrected chi connectivity index (χ0v) is 12.4. The first-order chi connectivity index (χ1) is 10.2. The van der Waals surface area contributed by atoms with Gasteiger partial charge < -0.3 is 5.32 Å². The molecule has 1 amide bonds. The summed E-state index contributed by atoms with van der Waals surface area (Å²) in [4.78, 5) is 13.2. The van der Waals surface area contributed by atoms with E-state index in [2.05, 4.69) is 15.5 Å². The van der Waals surface area contributed by atoms with Gasteiger partial charge in [-0.3, -0.25) is 9.89 Å². The number of rotatable bonds is 4. The number of carbonyl (C=O) groups is 1.